The van der Waals surface area contributed by atoms with Crippen LogP contribution in [0.4, 0.5) is 35.0 Å². The Morgan fingerprint density at radius 3 is 2.71 bits per heavy atom. The van der Waals surface area contributed by atoms with Gasteiger partial charge in [0.2, 0.25) is 5.95 Å². The first-order chi connectivity index (χ1) is 13.1. The molecule has 6 nitrogen and oxygen atoms in total. The van der Waals surface area contributed by atoms with Crippen LogP contribution in [-0.4, -0.2) is 27.3 Å². The van der Waals surface area contributed by atoms with Gasteiger partial charge in [0, 0.05) is 19.3 Å². The number of nitrogens with two attached hydrogens (primary N) is 1. The van der Waals surface area contributed by atoms with Crippen LogP contribution in [0.15, 0.2) is 29.3 Å². The molecule has 2 unspecified atom stereocenters. The van der Waals surface area contributed by atoms with Crippen molar-refractivity contribution in [2.75, 3.05) is 23.3 Å². The SMILES string of the molecule is CC1CCCN(c2nc(Nc3ccc(S(N)=O)cc3F)ncc2C(F)(F)F)C1. The largest absolute Gasteiger partial charge is 0.421 e. The van der Waals surface area contributed by atoms with Gasteiger partial charge in [-0.1, -0.05) is 6.92 Å². The molecule has 0 spiro atoms. The van der Waals surface area contributed by atoms with E-state index >= 15 is 0 Å². The van der Waals surface area contributed by atoms with Gasteiger partial charge in [-0.2, -0.15) is 18.2 Å². The number of piperidine rings is 1. The van der Waals surface area contributed by atoms with Gasteiger partial charge in [0.1, 0.15) is 28.2 Å². The predicted octanol–water partition coefficient (Wildman–Crippen LogP) is 3.60. The van der Waals surface area contributed by atoms with Crippen LogP contribution in [0.5, 0.6) is 0 Å². The van der Waals surface area contributed by atoms with Crippen molar-refractivity contribution in [2.45, 2.75) is 30.8 Å². The number of hydrogen-bond acceptors (Lipinski definition) is 5. The monoisotopic (exact) mass is 417 g/mol. The molecule has 0 amide bonds. The standard InChI is InChI=1S/C17H19F4N5OS/c1-10-3-2-6-26(9-10)15-12(17(19,20)21)8-23-16(25-15)24-14-5-4-11(28(22)27)7-13(14)18/h4-5,7-8,10H,2-3,6,9,22H2,1H3,(H,23,24,25). The maximum atomic E-state index is 14.2. The second-order valence-electron chi connectivity index (χ2n) is 6.69. The fourth-order valence-electron chi connectivity index (χ4n) is 3.10. The maximum Gasteiger partial charge on any atom is 0.421 e. The third-order valence-electron chi connectivity index (χ3n) is 4.45. The van der Waals surface area contributed by atoms with Crippen molar-refractivity contribution in [3.05, 3.63) is 35.8 Å². The smallest absolute Gasteiger partial charge is 0.356 e. The summed E-state index contributed by atoms with van der Waals surface area (Å²) in [7, 11) is -1.85. The van der Waals surface area contributed by atoms with Crippen molar-refractivity contribution in [1.82, 2.24) is 9.97 Å². The Labute approximate surface area is 161 Å². The molecule has 1 aliphatic rings. The molecule has 3 N–H and O–H groups in total. The molecule has 1 aromatic carbocycles. The normalized spacial score (nSPS) is 18.8. The highest BCUT2D eigenvalue weighted by Crippen LogP contribution is 2.37. The molecule has 2 heterocycles. The van der Waals surface area contributed by atoms with E-state index in [0.717, 1.165) is 18.9 Å². The fraction of sp³-hybridized carbons (Fsp3) is 0.412. The molecular formula is C17H19F4N5OS. The van der Waals surface area contributed by atoms with Gasteiger partial charge < -0.3 is 10.2 Å². The second-order valence-corrected chi connectivity index (χ2v) is 7.75. The minimum Gasteiger partial charge on any atom is -0.356 e. The number of hydrogen-bond donors (Lipinski definition) is 2. The van der Waals surface area contributed by atoms with Gasteiger partial charge in [0.15, 0.2) is 0 Å². The lowest BCUT2D eigenvalue weighted by molar-refractivity contribution is -0.137. The molecule has 3 rings (SSSR count). The average Bonchev–Trinajstić information content (AvgIpc) is 2.62. The summed E-state index contributed by atoms with van der Waals surface area (Å²) in [6, 6.07) is 3.60. The van der Waals surface area contributed by atoms with Crippen LogP contribution in [0.3, 0.4) is 0 Å². The van der Waals surface area contributed by atoms with E-state index in [1.54, 1.807) is 4.90 Å². The van der Waals surface area contributed by atoms with Crippen LogP contribution >= 0.6 is 0 Å². The van der Waals surface area contributed by atoms with E-state index < -0.39 is 28.5 Å². The lowest BCUT2D eigenvalue weighted by atomic mass is 10.00. The maximum absolute atomic E-state index is 14.2. The molecule has 1 aliphatic heterocycles. The first kappa shape index (κ1) is 20.5. The Bertz CT molecular complexity index is 892. The Kier molecular flexibility index (Phi) is 5.84. The molecule has 2 aromatic rings. The molecule has 152 valence electrons. The molecule has 0 bridgehead atoms. The van der Waals surface area contributed by atoms with Crippen LogP contribution < -0.4 is 15.4 Å². The summed E-state index contributed by atoms with van der Waals surface area (Å²) in [5, 5.41) is 7.78. The van der Waals surface area contributed by atoms with Crippen LogP contribution in [0.2, 0.25) is 0 Å². The molecular weight excluding hydrogens is 398 g/mol. The summed E-state index contributed by atoms with van der Waals surface area (Å²) < 4.78 is 65.6. The fourth-order valence-corrected chi connectivity index (χ4v) is 3.52. The number of alkyl halides is 3. The Morgan fingerprint density at radius 1 is 1.36 bits per heavy atom. The van der Waals surface area contributed by atoms with E-state index in [1.807, 2.05) is 6.92 Å². The lowest BCUT2D eigenvalue weighted by Crippen LogP contribution is -2.36. The van der Waals surface area contributed by atoms with Crippen LogP contribution in [0.1, 0.15) is 25.3 Å². The quantitative estimate of drug-likeness (QED) is 0.743. The second kappa shape index (κ2) is 8.00. The lowest BCUT2D eigenvalue weighted by Gasteiger charge is -2.33. The van der Waals surface area contributed by atoms with E-state index in [9.17, 15) is 21.8 Å². The number of rotatable bonds is 4. The summed E-state index contributed by atoms with van der Waals surface area (Å²) >= 11 is 0. The topological polar surface area (TPSA) is 84.1 Å². The highest BCUT2D eigenvalue weighted by Gasteiger charge is 2.37. The zero-order valence-electron chi connectivity index (χ0n) is 15.0. The van der Waals surface area contributed by atoms with Crippen LogP contribution in [0.25, 0.3) is 0 Å². The van der Waals surface area contributed by atoms with Crippen molar-refractivity contribution < 1.29 is 21.8 Å². The molecule has 0 saturated carbocycles. The van der Waals surface area contributed by atoms with E-state index in [0.29, 0.717) is 19.3 Å². The number of nitrogens with one attached hydrogen (secondary N) is 1. The van der Waals surface area contributed by atoms with Gasteiger partial charge in [0.25, 0.3) is 0 Å². The molecule has 28 heavy (non-hydrogen) atoms. The summed E-state index contributed by atoms with van der Waals surface area (Å²) in [4.78, 5) is 9.38. The molecule has 1 fully saturated rings. The predicted molar refractivity (Wildman–Crippen MR) is 97.9 cm³/mol. The summed E-state index contributed by atoms with van der Waals surface area (Å²) in [5.74, 6) is -0.922. The van der Waals surface area contributed by atoms with Crippen LogP contribution in [-0.2, 0) is 17.2 Å². The van der Waals surface area contributed by atoms with Crippen molar-refractivity contribution in [3.63, 3.8) is 0 Å². The van der Waals surface area contributed by atoms with E-state index in [2.05, 4.69) is 15.3 Å². The number of aromatic nitrogens is 2. The zero-order valence-corrected chi connectivity index (χ0v) is 15.8. The summed E-state index contributed by atoms with van der Waals surface area (Å²) in [6.45, 7) is 2.87. The third-order valence-corrected chi connectivity index (χ3v) is 5.17. The van der Waals surface area contributed by atoms with E-state index in [-0.39, 0.29) is 28.3 Å². The average molecular weight is 417 g/mol. The van der Waals surface area contributed by atoms with Gasteiger partial charge >= 0.3 is 6.18 Å². The number of benzene rings is 1. The highest BCUT2D eigenvalue weighted by molar-refractivity contribution is 7.82. The van der Waals surface area contributed by atoms with Crippen molar-refractivity contribution in [3.8, 4) is 0 Å². The molecule has 0 radical (unpaired) electrons. The molecule has 1 saturated heterocycles. The first-order valence-corrected chi connectivity index (χ1v) is 9.78. The number of anilines is 3. The Morgan fingerprint density at radius 2 is 2.11 bits per heavy atom. The summed E-state index contributed by atoms with van der Waals surface area (Å²) in [5.41, 5.74) is -0.992. The van der Waals surface area contributed by atoms with Crippen LogP contribution in [0, 0.1) is 11.7 Å². The Balaban J connectivity index is 1.94. The van der Waals surface area contributed by atoms with E-state index in [1.165, 1.54) is 12.1 Å². The molecule has 2 atom stereocenters. The van der Waals surface area contributed by atoms with Gasteiger partial charge in [-0.15, -0.1) is 0 Å². The first-order valence-electron chi connectivity index (χ1n) is 8.57. The molecule has 1 aromatic heterocycles. The highest BCUT2D eigenvalue weighted by atomic mass is 32.2. The van der Waals surface area contributed by atoms with Gasteiger partial charge in [-0.3, -0.25) is 0 Å². The molecule has 11 heteroatoms. The van der Waals surface area contributed by atoms with Crippen molar-refractivity contribution in [2.24, 2.45) is 11.1 Å². The Hall–Kier alpha value is -2.27. The zero-order chi connectivity index (χ0) is 20.5. The van der Waals surface area contributed by atoms with Gasteiger partial charge in [0.05, 0.1) is 10.6 Å². The number of nitrogens with zero attached hydrogens (tertiary/aromatic N) is 3. The minimum absolute atomic E-state index is 0.0630. The van der Waals surface area contributed by atoms with Crippen molar-refractivity contribution in [1.29, 1.82) is 0 Å². The summed E-state index contributed by atoms with van der Waals surface area (Å²) in [6.07, 6.45) is -2.20. The van der Waals surface area contributed by atoms with Gasteiger partial charge in [-0.05, 0) is 37.0 Å². The van der Waals surface area contributed by atoms with Crippen molar-refractivity contribution >= 4 is 28.4 Å². The van der Waals surface area contributed by atoms with Gasteiger partial charge in [-0.25, -0.2) is 18.7 Å². The number of halogens is 4. The molecule has 0 aliphatic carbocycles. The third kappa shape index (κ3) is 4.58. The van der Waals surface area contributed by atoms with E-state index in [4.69, 9.17) is 5.14 Å². The minimum atomic E-state index is -4.60.